The highest BCUT2D eigenvalue weighted by Gasteiger charge is 2.11. The molecule has 0 unspecified atom stereocenters. The molecule has 6 N–H and O–H groups in total. The van der Waals surface area contributed by atoms with Crippen LogP contribution in [0.5, 0.6) is 0 Å². The SMILES string of the molecule is CC.CC.CC[C@@H](C)[C@@H](F)CN.NS(=O)(=O)c1ccc(CNC(=O)c2cnc3[nH]ncc3c2)cc1. The van der Waals surface area contributed by atoms with Crippen LogP contribution in [0.15, 0.2) is 47.6 Å². The van der Waals surface area contributed by atoms with Gasteiger partial charge in [-0.15, -0.1) is 0 Å². The number of amides is 1. The summed E-state index contributed by atoms with van der Waals surface area (Å²) in [7, 11) is -3.71. The average Bonchev–Trinajstić information content (AvgIpc) is 3.37. The van der Waals surface area contributed by atoms with Crippen LogP contribution in [0, 0.1) is 5.92 Å². The number of alkyl halides is 1. The highest BCUT2D eigenvalue weighted by atomic mass is 32.2. The molecule has 9 nitrogen and oxygen atoms in total. The van der Waals surface area contributed by atoms with Crippen LogP contribution in [0.4, 0.5) is 4.39 Å². The summed E-state index contributed by atoms with van der Waals surface area (Å²) < 4.78 is 34.7. The van der Waals surface area contributed by atoms with Gasteiger partial charge in [0.05, 0.1) is 16.7 Å². The standard InChI is InChI=1S/C14H13N5O3S.C6H14FN.2C2H6/c15-23(21,22)12-3-1-9(2-4-12)6-17-14(20)11-5-10-8-18-19-13(10)16-7-11;1-3-5(2)6(7)4-8;2*1-2/h1-5,7-8H,6H2,(H,17,20)(H2,15,21,22)(H,16,18,19);5-6H,3-4,8H2,1-2H3;2*1-2H3/t;5-,6+;;/m.1../s1. The van der Waals surface area contributed by atoms with Crippen LogP contribution < -0.4 is 16.2 Å². The number of nitrogens with one attached hydrogen (secondary N) is 2. The summed E-state index contributed by atoms with van der Waals surface area (Å²) in [6.45, 7) is 12.3. The van der Waals surface area contributed by atoms with E-state index in [1.54, 1.807) is 24.4 Å². The number of aromatic nitrogens is 3. The molecule has 0 bridgehead atoms. The number of halogens is 1. The molecular weight excluding hydrogens is 471 g/mol. The second-order valence-electron chi connectivity index (χ2n) is 7.04. The summed E-state index contributed by atoms with van der Waals surface area (Å²) in [5.41, 5.74) is 6.85. The smallest absolute Gasteiger partial charge is 0.253 e. The average molecular weight is 511 g/mol. The number of nitrogens with zero attached hydrogens (tertiary/aromatic N) is 2. The number of hydrogen-bond acceptors (Lipinski definition) is 6. The first-order valence-corrected chi connectivity index (χ1v) is 13.2. The van der Waals surface area contributed by atoms with E-state index in [0.29, 0.717) is 11.2 Å². The number of carbonyl (C=O) groups is 1. The van der Waals surface area contributed by atoms with E-state index in [0.717, 1.165) is 17.4 Å². The molecule has 0 saturated heterocycles. The molecule has 0 aliphatic carbocycles. The van der Waals surface area contributed by atoms with Crippen LogP contribution in [0.3, 0.4) is 0 Å². The lowest BCUT2D eigenvalue weighted by atomic mass is 10.0. The highest BCUT2D eigenvalue weighted by Crippen LogP contribution is 2.11. The quantitative estimate of drug-likeness (QED) is 0.377. The number of sulfonamides is 1. The summed E-state index contributed by atoms with van der Waals surface area (Å²) in [5.74, 6) is -0.156. The summed E-state index contributed by atoms with van der Waals surface area (Å²) in [6.07, 6.45) is 3.11. The number of fused-ring (bicyclic) bond motifs is 1. The van der Waals surface area contributed by atoms with E-state index < -0.39 is 16.2 Å². The Labute approximate surface area is 208 Å². The molecule has 2 atom stereocenters. The number of primary sulfonamides is 1. The summed E-state index contributed by atoms with van der Waals surface area (Å²) in [6, 6.07) is 7.67. The van der Waals surface area contributed by atoms with E-state index >= 15 is 0 Å². The summed E-state index contributed by atoms with van der Waals surface area (Å²) in [5, 5.41) is 15.1. The third-order valence-corrected chi connectivity index (χ3v) is 5.67. The van der Waals surface area contributed by atoms with Gasteiger partial charge in [-0.2, -0.15) is 5.10 Å². The van der Waals surface area contributed by atoms with E-state index in [-0.39, 0.29) is 29.8 Å². The fourth-order valence-electron chi connectivity index (χ4n) is 2.53. The lowest BCUT2D eigenvalue weighted by Gasteiger charge is -2.10. The predicted molar refractivity (Wildman–Crippen MR) is 139 cm³/mol. The molecule has 1 aromatic carbocycles. The normalized spacial score (nSPS) is 12.0. The van der Waals surface area contributed by atoms with Crippen molar-refractivity contribution in [3.8, 4) is 0 Å². The first kappa shape index (κ1) is 32.1. The number of aromatic amines is 1. The molecule has 1 amide bonds. The lowest BCUT2D eigenvalue weighted by Crippen LogP contribution is -2.23. The number of benzene rings is 1. The maximum atomic E-state index is 12.4. The van der Waals surface area contributed by atoms with Crippen molar-refractivity contribution in [2.45, 2.75) is 65.6 Å². The fraction of sp³-hybridized carbons (Fsp3) is 0.458. The third kappa shape index (κ3) is 10.9. The van der Waals surface area contributed by atoms with E-state index in [2.05, 4.69) is 20.5 Å². The molecule has 2 heterocycles. The monoisotopic (exact) mass is 510 g/mol. The molecule has 3 rings (SSSR count). The van der Waals surface area contributed by atoms with Gasteiger partial charge in [0, 0.05) is 24.7 Å². The van der Waals surface area contributed by atoms with Crippen molar-refractivity contribution in [3.63, 3.8) is 0 Å². The van der Waals surface area contributed by atoms with Gasteiger partial charge >= 0.3 is 0 Å². The molecule has 11 heteroatoms. The van der Waals surface area contributed by atoms with Gasteiger partial charge in [0.1, 0.15) is 6.17 Å². The van der Waals surface area contributed by atoms with Crippen LogP contribution in [0.1, 0.15) is 63.9 Å². The topological polar surface area (TPSA) is 157 Å². The Morgan fingerprint density at radius 1 is 1.14 bits per heavy atom. The van der Waals surface area contributed by atoms with Crippen LogP contribution in [-0.2, 0) is 16.6 Å². The van der Waals surface area contributed by atoms with Gasteiger partial charge in [-0.1, -0.05) is 60.1 Å². The molecule has 0 saturated carbocycles. The van der Waals surface area contributed by atoms with Crippen molar-refractivity contribution in [1.29, 1.82) is 0 Å². The van der Waals surface area contributed by atoms with Crippen molar-refractivity contribution >= 4 is 27.0 Å². The van der Waals surface area contributed by atoms with Gasteiger partial charge in [0.25, 0.3) is 5.91 Å². The minimum atomic E-state index is -3.71. The third-order valence-electron chi connectivity index (χ3n) is 4.74. The van der Waals surface area contributed by atoms with Gasteiger partial charge in [-0.05, 0) is 29.7 Å². The molecular formula is C24H39FN6O3S. The zero-order valence-electron chi connectivity index (χ0n) is 21.4. The van der Waals surface area contributed by atoms with Crippen LogP contribution >= 0.6 is 0 Å². The molecule has 0 aliphatic rings. The van der Waals surface area contributed by atoms with Gasteiger partial charge in [0.15, 0.2) is 5.65 Å². The van der Waals surface area contributed by atoms with Crippen molar-refractivity contribution in [3.05, 3.63) is 53.9 Å². The number of nitrogens with two attached hydrogens (primary N) is 2. The Balaban J connectivity index is 0.000000817. The van der Waals surface area contributed by atoms with E-state index in [1.807, 2.05) is 41.5 Å². The second kappa shape index (κ2) is 16.7. The summed E-state index contributed by atoms with van der Waals surface area (Å²) >= 11 is 0. The van der Waals surface area contributed by atoms with Gasteiger partial charge < -0.3 is 11.1 Å². The van der Waals surface area contributed by atoms with Gasteiger partial charge in [-0.25, -0.2) is 22.9 Å². The molecule has 0 fully saturated rings. The van der Waals surface area contributed by atoms with Crippen LogP contribution in [-0.4, -0.2) is 42.2 Å². The molecule has 0 aliphatic heterocycles. The van der Waals surface area contributed by atoms with Crippen LogP contribution in [0.25, 0.3) is 11.0 Å². The maximum Gasteiger partial charge on any atom is 0.253 e. The van der Waals surface area contributed by atoms with Gasteiger partial charge in [0.2, 0.25) is 10.0 Å². The molecule has 35 heavy (non-hydrogen) atoms. The number of H-pyrrole nitrogens is 1. The molecule has 3 aromatic rings. The molecule has 196 valence electrons. The van der Waals surface area contributed by atoms with E-state index in [9.17, 15) is 17.6 Å². The van der Waals surface area contributed by atoms with Crippen molar-refractivity contribution in [2.75, 3.05) is 6.54 Å². The van der Waals surface area contributed by atoms with E-state index in [1.165, 1.54) is 18.3 Å². The minimum absolute atomic E-state index is 0.0298. The number of carbonyl (C=O) groups excluding carboxylic acids is 1. The Morgan fingerprint density at radius 2 is 1.74 bits per heavy atom. The molecule has 0 spiro atoms. The van der Waals surface area contributed by atoms with Gasteiger partial charge in [-0.3, -0.25) is 9.89 Å². The zero-order chi connectivity index (χ0) is 27.0. The zero-order valence-corrected chi connectivity index (χ0v) is 22.2. The Bertz CT molecular complexity index is 1100. The Morgan fingerprint density at radius 3 is 2.23 bits per heavy atom. The van der Waals surface area contributed by atoms with Crippen LogP contribution in [0.2, 0.25) is 0 Å². The lowest BCUT2D eigenvalue weighted by molar-refractivity contribution is 0.0950. The van der Waals surface area contributed by atoms with Crippen molar-refractivity contribution < 1.29 is 17.6 Å². The number of pyridine rings is 1. The van der Waals surface area contributed by atoms with Crippen molar-refractivity contribution in [1.82, 2.24) is 20.5 Å². The fourth-order valence-corrected chi connectivity index (χ4v) is 3.05. The number of rotatable bonds is 7. The molecule has 0 radical (unpaired) electrons. The Kier molecular flexibility index (Phi) is 15.3. The predicted octanol–water partition coefficient (Wildman–Crippen LogP) is 3.92. The first-order chi connectivity index (χ1) is 16.7. The minimum Gasteiger partial charge on any atom is -0.348 e. The first-order valence-electron chi connectivity index (χ1n) is 11.7. The van der Waals surface area contributed by atoms with E-state index in [4.69, 9.17) is 10.9 Å². The largest absolute Gasteiger partial charge is 0.348 e. The van der Waals surface area contributed by atoms with Crippen molar-refractivity contribution in [2.24, 2.45) is 16.8 Å². The molecule has 2 aromatic heterocycles. The highest BCUT2D eigenvalue weighted by molar-refractivity contribution is 7.89. The number of hydrogen-bond donors (Lipinski definition) is 4. The Hall–Kier alpha value is -2.89. The second-order valence-corrected chi connectivity index (χ2v) is 8.60. The maximum absolute atomic E-state index is 12.4. The summed E-state index contributed by atoms with van der Waals surface area (Å²) in [4.78, 5) is 16.2.